The Kier molecular flexibility index (Phi) is 15.9. The Hall–Kier alpha value is 0.501. The van der Waals surface area contributed by atoms with Crippen LogP contribution in [0.15, 0.2) is 20.7 Å². The maximum absolute atomic E-state index is 2.57. The van der Waals surface area contributed by atoms with E-state index in [-0.39, 0.29) is 37.2 Å². The summed E-state index contributed by atoms with van der Waals surface area (Å²) in [6.07, 6.45) is 9.09. The summed E-state index contributed by atoms with van der Waals surface area (Å²) in [7, 11) is -1.21. The van der Waals surface area contributed by atoms with Gasteiger partial charge in [0.05, 0.1) is 0 Å². The van der Waals surface area contributed by atoms with Crippen LogP contribution in [-0.2, 0) is 20.4 Å². The average molecular weight is 522 g/mol. The van der Waals surface area contributed by atoms with Gasteiger partial charge in [-0.05, 0) is 0 Å². The van der Waals surface area contributed by atoms with Crippen molar-refractivity contribution in [1.82, 2.24) is 0 Å². The van der Waals surface area contributed by atoms with Gasteiger partial charge in [-0.15, -0.1) is 0 Å². The molecule has 0 heterocycles. The van der Waals surface area contributed by atoms with E-state index in [1.165, 1.54) is 54.8 Å². The number of halogens is 3. The monoisotopic (exact) mass is 520 g/mol. The Morgan fingerprint density at radius 1 is 0.867 bits per heavy atom. The summed E-state index contributed by atoms with van der Waals surface area (Å²) in [6, 6.07) is 1.43. The Morgan fingerprint density at radius 3 is 1.83 bits per heavy atom. The van der Waals surface area contributed by atoms with Crippen molar-refractivity contribution in [3.05, 3.63) is 48.5 Å². The molecule has 0 saturated heterocycles. The van der Waals surface area contributed by atoms with E-state index in [9.17, 15) is 0 Å². The van der Waals surface area contributed by atoms with Gasteiger partial charge in [0.2, 0.25) is 0 Å². The number of rotatable bonds is 8. The molecule has 0 aliphatic heterocycles. The van der Waals surface area contributed by atoms with Crippen LogP contribution in [0.5, 0.6) is 0 Å². The first-order valence-electron chi connectivity index (χ1n) is 11.0. The number of allylic oxidation sites excluding steroid dienone is 4. The Morgan fingerprint density at radius 2 is 1.37 bits per heavy atom. The number of hydrogen-bond acceptors (Lipinski definition) is 0. The molecular formula is C25H39Cl3SiTi. The molecule has 1 aliphatic carbocycles. The van der Waals surface area contributed by atoms with Crippen molar-refractivity contribution in [3.63, 3.8) is 0 Å². The molecule has 5 heteroatoms. The fourth-order valence-corrected chi connectivity index (χ4v) is 10.4. The van der Waals surface area contributed by atoms with Gasteiger partial charge in [-0.3, -0.25) is 0 Å². The zero-order valence-electron chi connectivity index (χ0n) is 20.1. The standard InChI is InChI=1S/C25H39Si.3ClH.Ti/c1-9-11-12-16-26(24-15-13-14-23(24)17(3)10-2)25-21(7)19(5)18(4)20(6)22(25)8;;;;/h14,17,26H,9-13,16H2,1-8H3;3*1H;/q;;;;+3/p-3. The summed E-state index contributed by atoms with van der Waals surface area (Å²) in [5.41, 5.74) is 9.47. The molecule has 0 amide bonds. The van der Waals surface area contributed by atoms with Crippen LogP contribution in [0.3, 0.4) is 0 Å². The molecule has 0 radical (unpaired) electrons. The number of unbranched alkanes of at least 4 members (excludes halogenated alkanes) is 2. The van der Waals surface area contributed by atoms with Crippen LogP contribution in [0.4, 0.5) is 0 Å². The van der Waals surface area contributed by atoms with Crippen LogP contribution >= 0.6 is 0 Å². The first-order valence-corrected chi connectivity index (χ1v) is 13.7. The normalized spacial score (nSPS) is 15.1. The molecule has 0 nitrogen and oxygen atoms in total. The van der Waals surface area contributed by atoms with Gasteiger partial charge in [-0.2, -0.15) is 0 Å². The molecule has 2 rings (SSSR count). The quantitative estimate of drug-likeness (QED) is 0.264. The van der Waals surface area contributed by atoms with Crippen LogP contribution in [0.2, 0.25) is 6.04 Å². The zero-order chi connectivity index (χ0) is 20.3. The molecule has 0 spiro atoms. The van der Waals surface area contributed by atoms with Crippen LogP contribution in [0.1, 0.15) is 80.7 Å². The minimum atomic E-state index is -1.21. The summed E-state index contributed by atoms with van der Waals surface area (Å²) >= 11 is 2.42. The predicted octanol–water partition coefficient (Wildman–Crippen LogP) is -2.42. The molecular weight excluding hydrogens is 483 g/mol. The Labute approximate surface area is 218 Å². The van der Waals surface area contributed by atoms with Crippen molar-refractivity contribution in [2.24, 2.45) is 5.92 Å². The molecule has 0 bridgehead atoms. The van der Waals surface area contributed by atoms with Gasteiger partial charge in [-0.25, -0.2) is 0 Å². The van der Waals surface area contributed by atoms with Crippen molar-refractivity contribution >= 4 is 14.0 Å². The minimum Gasteiger partial charge on any atom is -1.00 e. The third-order valence-corrected chi connectivity index (χ3v) is 12.3. The smallest absolute Gasteiger partial charge is 1.00 e. The second kappa shape index (κ2) is 14.6. The summed E-state index contributed by atoms with van der Waals surface area (Å²) in [4.78, 5) is 0. The van der Waals surface area contributed by atoms with E-state index in [2.05, 4.69) is 81.9 Å². The molecule has 0 fully saturated rings. The largest absolute Gasteiger partial charge is 1.00 e. The molecule has 30 heavy (non-hydrogen) atoms. The second-order valence-corrected chi connectivity index (χ2v) is 12.4. The van der Waals surface area contributed by atoms with Gasteiger partial charge in [0.1, 0.15) is 0 Å². The van der Waals surface area contributed by atoms with Crippen molar-refractivity contribution < 1.29 is 57.7 Å². The van der Waals surface area contributed by atoms with Gasteiger partial charge in [0.25, 0.3) is 0 Å². The maximum atomic E-state index is 2.57. The molecule has 168 valence electrons. The second-order valence-electron chi connectivity index (χ2n) is 8.65. The van der Waals surface area contributed by atoms with Gasteiger partial charge in [-0.1, -0.05) is 0 Å². The van der Waals surface area contributed by atoms with Crippen molar-refractivity contribution in [3.8, 4) is 0 Å². The van der Waals surface area contributed by atoms with E-state index < -0.39 is 8.80 Å². The SMILES string of the molecule is CCCCC[SiH](C1=[C]([Ti+3])CC=C1C(C)CC)c1c(C)c(C)c(C)c(C)c1C.[Cl-].[Cl-].[Cl-]. The third-order valence-electron chi connectivity index (χ3n) is 7.16. The number of benzene rings is 1. The van der Waals surface area contributed by atoms with Crippen LogP contribution in [0.25, 0.3) is 0 Å². The van der Waals surface area contributed by atoms with E-state index in [1.54, 1.807) is 25.8 Å². The molecule has 2 unspecified atom stereocenters. The average Bonchev–Trinajstić information content (AvgIpc) is 3.04. The summed E-state index contributed by atoms with van der Waals surface area (Å²) in [5, 5.41) is 3.60. The topological polar surface area (TPSA) is 0 Å². The van der Waals surface area contributed by atoms with Gasteiger partial charge < -0.3 is 37.2 Å². The number of hydrogen-bond donors (Lipinski definition) is 0. The molecule has 1 aliphatic rings. The summed E-state index contributed by atoms with van der Waals surface area (Å²) in [5.74, 6) is 0.701. The molecule has 0 saturated carbocycles. The first-order chi connectivity index (χ1) is 12.8. The van der Waals surface area contributed by atoms with Crippen LogP contribution in [-0.4, -0.2) is 8.80 Å². The van der Waals surface area contributed by atoms with Crippen molar-refractivity contribution in [2.75, 3.05) is 0 Å². The van der Waals surface area contributed by atoms with E-state index >= 15 is 0 Å². The minimum absolute atomic E-state index is 0. The first kappa shape index (κ1) is 32.7. The van der Waals surface area contributed by atoms with Gasteiger partial charge in [0.15, 0.2) is 0 Å². The van der Waals surface area contributed by atoms with Crippen molar-refractivity contribution in [1.29, 1.82) is 0 Å². The predicted molar refractivity (Wildman–Crippen MR) is 120 cm³/mol. The van der Waals surface area contributed by atoms with E-state index in [1.807, 2.05) is 5.20 Å². The maximum Gasteiger partial charge on any atom is -1.00 e. The Balaban J connectivity index is 0. The Bertz CT molecular complexity index is 739. The summed E-state index contributed by atoms with van der Waals surface area (Å²) in [6.45, 7) is 18.9. The van der Waals surface area contributed by atoms with E-state index in [4.69, 9.17) is 0 Å². The van der Waals surface area contributed by atoms with E-state index in [0.29, 0.717) is 5.92 Å². The molecule has 0 aromatic heterocycles. The molecule has 0 N–H and O–H groups in total. The molecule has 1 aromatic rings. The summed E-state index contributed by atoms with van der Waals surface area (Å²) < 4.78 is 1.67. The van der Waals surface area contributed by atoms with Crippen LogP contribution in [0, 0.1) is 40.5 Å². The van der Waals surface area contributed by atoms with Gasteiger partial charge in [0, 0.05) is 0 Å². The molecule has 2 atom stereocenters. The van der Waals surface area contributed by atoms with Crippen LogP contribution < -0.4 is 42.4 Å². The van der Waals surface area contributed by atoms with Gasteiger partial charge >= 0.3 is 182 Å². The zero-order valence-corrected chi connectivity index (χ0v) is 25.1. The fourth-order valence-electron chi connectivity index (χ4n) is 4.79. The fraction of sp³-hybridized carbons (Fsp3) is 0.600. The third kappa shape index (κ3) is 6.75. The van der Waals surface area contributed by atoms with E-state index in [0.717, 1.165) is 0 Å². The molecule has 1 aromatic carbocycles. The van der Waals surface area contributed by atoms with Crippen molar-refractivity contribution in [2.45, 2.75) is 93.5 Å².